The smallest absolute Gasteiger partial charge is 0.253 e. The Morgan fingerprint density at radius 2 is 2.17 bits per heavy atom. The molecule has 1 aliphatic rings. The van der Waals surface area contributed by atoms with E-state index in [2.05, 4.69) is 47.3 Å². The van der Waals surface area contributed by atoms with E-state index in [9.17, 15) is 4.79 Å². The Morgan fingerprint density at radius 1 is 1.30 bits per heavy atom. The first kappa shape index (κ1) is 24.6. The van der Waals surface area contributed by atoms with Crippen LogP contribution in [0.1, 0.15) is 43.0 Å². The number of rotatable bonds is 8. The highest BCUT2D eigenvalue weighted by Gasteiger charge is 2.23. The monoisotopic (exact) mass is 542 g/mol. The van der Waals surface area contributed by atoms with Crippen molar-refractivity contribution in [3.63, 3.8) is 0 Å². The van der Waals surface area contributed by atoms with E-state index in [1.807, 2.05) is 24.3 Å². The lowest BCUT2D eigenvalue weighted by Crippen LogP contribution is -2.39. The van der Waals surface area contributed by atoms with Gasteiger partial charge in [-0.15, -0.1) is 35.3 Å². The minimum absolute atomic E-state index is 0. The van der Waals surface area contributed by atoms with E-state index in [1.54, 1.807) is 11.3 Å². The number of anilines is 1. The summed E-state index contributed by atoms with van der Waals surface area (Å²) in [5.41, 5.74) is 1.82. The summed E-state index contributed by atoms with van der Waals surface area (Å²) < 4.78 is 5.45. The molecule has 0 bridgehead atoms. The van der Waals surface area contributed by atoms with Gasteiger partial charge in [0.05, 0.1) is 6.54 Å². The molecule has 1 aromatic heterocycles. The summed E-state index contributed by atoms with van der Waals surface area (Å²) in [4.78, 5) is 18.3. The molecular formula is C22H31IN4O2S. The van der Waals surface area contributed by atoms with Gasteiger partial charge in [-0.3, -0.25) is 4.79 Å². The number of carbonyl (C=O) groups is 1. The highest BCUT2D eigenvalue weighted by Crippen LogP contribution is 2.20. The number of nitrogens with one attached hydrogen (secondary N) is 3. The van der Waals surface area contributed by atoms with Gasteiger partial charge in [-0.25, -0.2) is 4.99 Å². The molecule has 2 atom stereocenters. The molecule has 3 N–H and O–H groups in total. The number of guanidine groups is 1. The zero-order chi connectivity index (χ0) is 20.5. The maximum Gasteiger partial charge on any atom is 0.253 e. The molecule has 2 aromatic rings. The maximum absolute atomic E-state index is 12.2. The number of thiophene rings is 1. The maximum atomic E-state index is 12.2. The standard InChI is InChI=1S/C22H30N4O2S.HI/c1-3-23-22(24-14-16(2)20-10-6-12-29-20)25-15-17-7-4-8-18(13-17)26-21(27)19-9-5-11-28-19;/h4,6-8,10,12-13,16,19H,3,5,9,11,14-15H2,1-2H3,(H,26,27)(H2,23,24,25);1H. The zero-order valence-electron chi connectivity index (χ0n) is 17.5. The second-order valence-electron chi connectivity index (χ2n) is 7.18. The van der Waals surface area contributed by atoms with Crippen LogP contribution >= 0.6 is 35.3 Å². The van der Waals surface area contributed by atoms with Crippen LogP contribution in [0.25, 0.3) is 0 Å². The van der Waals surface area contributed by atoms with Gasteiger partial charge in [0.2, 0.25) is 0 Å². The molecule has 3 rings (SSSR count). The Labute approximate surface area is 199 Å². The normalized spacial score (nSPS) is 17.1. The van der Waals surface area contributed by atoms with Gasteiger partial charge in [-0.1, -0.05) is 25.1 Å². The molecular weight excluding hydrogens is 511 g/mol. The van der Waals surface area contributed by atoms with Crippen LogP contribution in [0.3, 0.4) is 0 Å². The van der Waals surface area contributed by atoms with Gasteiger partial charge >= 0.3 is 0 Å². The zero-order valence-corrected chi connectivity index (χ0v) is 20.7. The highest BCUT2D eigenvalue weighted by molar-refractivity contribution is 14.0. The van der Waals surface area contributed by atoms with Crippen LogP contribution in [0.5, 0.6) is 0 Å². The molecule has 1 aromatic carbocycles. The Hall–Kier alpha value is -1.65. The third kappa shape index (κ3) is 7.55. The quantitative estimate of drug-likeness (QED) is 0.264. The summed E-state index contributed by atoms with van der Waals surface area (Å²) in [6, 6.07) is 12.1. The van der Waals surface area contributed by atoms with Crippen LogP contribution in [0.15, 0.2) is 46.8 Å². The van der Waals surface area contributed by atoms with Crippen molar-refractivity contribution >= 4 is 52.9 Å². The van der Waals surface area contributed by atoms with Crippen molar-refractivity contribution in [2.45, 2.75) is 45.3 Å². The lowest BCUT2D eigenvalue weighted by atomic mass is 10.1. The van der Waals surface area contributed by atoms with Crippen LogP contribution in [-0.4, -0.2) is 37.7 Å². The summed E-state index contributed by atoms with van der Waals surface area (Å²) in [7, 11) is 0. The van der Waals surface area contributed by atoms with Crippen LogP contribution in [-0.2, 0) is 16.1 Å². The van der Waals surface area contributed by atoms with Gasteiger partial charge in [0, 0.05) is 36.2 Å². The van der Waals surface area contributed by atoms with Crippen molar-refractivity contribution in [2.24, 2.45) is 4.99 Å². The van der Waals surface area contributed by atoms with Crippen molar-refractivity contribution in [3.8, 4) is 0 Å². The Bertz CT molecular complexity index is 807. The number of ether oxygens (including phenoxy) is 1. The number of nitrogens with zero attached hydrogens (tertiary/aromatic N) is 1. The Balaban J connectivity index is 0.00000320. The molecule has 1 fully saturated rings. The Kier molecular flexibility index (Phi) is 10.6. The lowest BCUT2D eigenvalue weighted by Gasteiger charge is -2.15. The van der Waals surface area contributed by atoms with Crippen molar-refractivity contribution in [3.05, 3.63) is 52.2 Å². The van der Waals surface area contributed by atoms with Gasteiger partial charge in [0.15, 0.2) is 5.96 Å². The molecule has 6 nitrogen and oxygen atoms in total. The summed E-state index contributed by atoms with van der Waals surface area (Å²) in [6.45, 7) is 7.09. The van der Waals surface area contributed by atoms with Crippen molar-refractivity contribution in [1.82, 2.24) is 10.6 Å². The summed E-state index contributed by atoms with van der Waals surface area (Å²) in [6.07, 6.45) is 1.40. The van der Waals surface area contributed by atoms with Crippen LogP contribution < -0.4 is 16.0 Å². The van der Waals surface area contributed by atoms with E-state index in [4.69, 9.17) is 9.73 Å². The first-order valence-corrected chi connectivity index (χ1v) is 11.1. The van der Waals surface area contributed by atoms with E-state index in [0.29, 0.717) is 19.1 Å². The molecule has 2 heterocycles. The number of aliphatic imine (C=N–C) groups is 1. The summed E-state index contributed by atoms with van der Waals surface area (Å²) in [5.74, 6) is 1.15. The lowest BCUT2D eigenvalue weighted by molar-refractivity contribution is -0.124. The number of benzene rings is 1. The van der Waals surface area contributed by atoms with Crippen molar-refractivity contribution < 1.29 is 9.53 Å². The fraction of sp³-hybridized carbons (Fsp3) is 0.455. The molecule has 164 valence electrons. The van der Waals surface area contributed by atoms with E-state index in [-0.39, 0.29) is 36.0 Å². The molecule has 0 aliphatic carbocycles. The molecule has 1 saturated heterocycles. The topological polar surface area (TPSA) is 74.8 Å². The second kappa shape index (κ2) is 12.9. The molecule has 30 heavy (non-hydrogen) atoms. The first-order chi connectivity index (χ1) is 14.2. The molecule has 1 aliphatic heterocycles. The fourth-order valence-corrected chi connectivity index (χ4v) is 3.98. The number of hydrogen-bond acceptors (Lipinski definition) is 4. The fourth-order valence-electron chi connectivity index (χ4n) is 3.19. The molecule has 0 spiro atoms. The molecule has 0 saturated carbocycles. The number of amides is 1. The third-order valence-electron chi connectivity index (χ3n) is 4.79. The van der Waals surface area contributed by atoms with Crippen molar-refractivity contribution in [1.29, 1.82) is 0 Å². The van der Waals surface area contributed by atoms with E-state index in [0.717, 1.165) is 43.1 Å². The summed E-state index contributed by atoms with van der Waals surface area (Å²) >= 11 is 1.78. The average molecular weight is 542 g/mol. The van der Waals surface area contributed by atoms with Crippen molar-refractivity contribution in [2.75, 3.05) is 25.0 Å². The number of carbonyl (C=O) groups excluding carboxylic acids is 1. The predicted octanol–water partition coefficient (Wildman–Crippen LogP) is 4.34. The van der Waals surface area contributed by atoms with Gasteiger partial charge in [-0.05, 0) is 48.9 Å². The second-order valence-corrected chi connectivity index (χ2v) is 8.16. The minimum atomic E-state index is -0.327. The highest BCUT2D eigenvalue weighted by atomic mass is 127. The van der Waals surface area contributed by atoms with Gasteiger partial charge in [0.25, 0.3) is 5.91 Å². The molecule has 8 heteroatoms. The van der Waals surface area contributed by atoms with Gasteiger partial charge < -0.3 is 20.7 Å². The van der Waals surface area contributed by atoms with Crippen LogP contribution in [0.2, 0.25) is 0 Å². The SMILES string of the molecule is CCNC(=NCc1cccc(NC(=O)C2CCCO2)c1)NCC(C)c1cccs1.I. The Morgan fingerprint density at radius 3 is 2.87 bits per heavy atom. The molecule has 1 amide bonds. The largest absolute Gasteiger partial charge is 0.368 e. The minimum Gasteiger partial charge on any atom is -0.368 e. The first-order valence-electron chi connectivity index (χ1n) is 10.2. The van der Waals surface area contributed by atoms with Crippen LogP contribution in [0, 0.1) is 0 Å². The van der Waals surface area contributed by atoms with Gasteiger partial charge in [-0.2, -0.15) is 0 Å². The van der Waals surface area contributed by atoms with Crippen LogP contribution in [0.4, 0.5) is 5.69 Å². The number of halogens is 1. The summed E-state index contributed by atoms with van der Waals surface area (Å²) in [5, 5.41) is 11.8. The average Bonchev–Trinajstić information content (AvgIpc) is 3.44. The molecule has 2 unspecified atom stereocenters. The van der Waals surface area contributed by atoms with Gasteiger partial charge in [0.1, 0.15) is 6.10 Å². The van der Waals surface area contributed by atoms with E-state index >= 15 is 0 Å². The van der Waals surface area contributed by atoms with E-state index in [1.165, 1.54) is 4.88 Å². The predicted molar refractivity (Wildman–Crippen MR) is 135 cm³/mol. The van der Waals surface area contributed by atoms with E-state index < -0.39 is 0 Å². The third-order valence-corrected chi connectivity index (χ3v) is 5.89. The number of hydrogen-bond donors (Lipinski definition) is 3. The molecule has 0 radical (unpaired) electrons.